The molecular weight excluding hydrogens is 258 g/mol. The molecule has 3 heteroatoms. The minimum absolute atomic E-state index is 0.833. The van der Waals surface area contributed by atoms with Crippen LogP contribution in [0.4, 0.5) is 0 Å². The molecule has 0 saturated carbocycles. The molecule has 3 rings (SSSR count). The second-order valence-corrected chi connectivity index (χ2v) is 5.70. The third-order valence-electron chi connectivity index (χ3n) is 4.12. The van der Waals surface area contributed by atoms with E-state index >= 15 is 0 Å². The van der Waals surface area contributed by atoms with Crippen LogP contribution in [-0.2, 0) is 25.9 Å². The first-order valence-electron chi connectivity index (χ1n) is 7.74. The Balaban J connectivity index is 1.65. The molecule has 1 aromatic carbocycles. The molecule has 2 aromatic rings. The van der Waals surface area contributed by atoms with E-state index < -0.39 is 0 Å². The Hall–Kier alpha value is -1.71. The molecule has 3 nitrogen and oxygen atoms in total. The lowest BCUT2D eigenvalue weighted by molar-refractivity contribution is 0.275. The summed E-state index contributed by atoms with van der Waals surface area (Å²) in [5, 5.41) is 3.16. The monoisotopic (exact) mass is 281 g/mol. The van der Waals surface area contributed by atoms with E-state index in [-0.39, 0.29) is 0 Å². The van der Waals surface area contributed by atoms with Gasteiger partial charge in [0.15, 0.2) is 0 Å². The van der Waals surface area contributed by atoms with Crippen LogP contribution < -0.4 is 5.32 Å². The van der Waals surface area contributed by atoms with Crippen molar-refractivity contribution in [3.63, 3.8) is 0 Å². The van der Waals surface area contributed by atoms with Gasteiger partial charge in [0.25, 0.3) is 0 Å². The summed E-state index contributed by atoms with van der Waals surface area (Å²) in [7, 11) is 1.96. The lowest BCUT2D eigenvalue weighted by Crippen LogP contribution is -2.26. The Labute approximate surface area is 127 Å². The molecule has 110 valence electrons. The van der Waals surface area contributed by atoms with Crippen molar-refractivity contribution in [2.45, 2.75) is 25.9 Å². The van der Waals surface area contributed by atoms with Crippen molar-refractivity contribution in [2.24, 2.45) is 0 Å². The first-order valence-corrected chi connectivity index (χ1v) is 7.74. The van der Waals surface area contributed by atoms with Crippen molar-refractivity contribution in [3.8, 4) is 0 Å². The average Bonchev–Trinajstić information content (AvgIpc) is 2.71. The molecule has 0 amide bonds. The number of benzene rings is 1. The predicted octanol–water partition coefficient (Wildman–Crippen LogP) is 2.40. The van der Waals surface area contributed by atoms with Crippen molar-refractivity contribution in [1.82, 2.24) is 15.2 Å². The summed E-state index contributed by atoms with van der Waals surface area (Å²) in [6.07, 6.45) is 2.29. The zero-order chi connectivity index (χ0) is 14.5. The van der Waals surface area contributed by atoms with Gasteiger partial charge in [-0.2, -0.15) is 0 Å². The maximum atomic E-state index is 4.73. The molecule has 1 aliphatic rings. The van der Waals surface area contributed by atoms with E-state index in [0.29, 0.717) is 0 Å². The minimum Gasteiger partial charge on any atom is -0.314 e. The highest BCUT2D eigenvalue weighted by Gasteiger charge is 2.14. The van der Waals surface area contributed by atoms with E-state index in [2.05, 4.69) is 52.7 Å². The summed E-state index contributed by atoms with van der Waals surface area (Å²) in [6.45, 7) is 4.02. The van der Waals surface area contributed by atoms with Gasteiger partial charge in [-0.05, 0) is 43.1 Å². The van der Waals surface area contributed by atoms with E-state index in [9.17, 15) is 0 Å². The minimum atomic E-state index is 0.833. The number of nitrogens with zero attached hydrogens (tertiary/aromatic N) is 2. The van der Waals surface area contributed by atoms with Crippen molar-refractivity contribution in [1.29, 1.82) is 0 Å². The number of rotatable bonds is 4. The molecule has 0 radical (unpaired) electrons. The van der Waals surface area contributed by atoms with Gasteiger partial charge in [-0.25, -0.2) is 0 Å². The summed E-state index contributed by atoms with van der Waals surface area (Å²) in [5.41, 5.74) is 5.32. The standard InChI is InChI=1S/C18H23N3/c1-19-13-17-7-4-8-18(20-17)14-21-11-9-15-5-2-3-6-16(15)10-12-21/h2-8,19H,9-14H2,1H3. The van der Waals surface area contributed by atoms with Gasteiger partial charge in [-0.15, -0.1) is 0 Å². The molecule has 0 bridgehead atoms. The Morgan fingerprint density at radius 1 is 0.952 bits per heavy atom. The fourth-order valence-corrected chi connectivity index (χ4v) is 3.00. The summed E-state index contributed by atoms with van der Waals surface area (Å²) in [5.74, 6) is 0. The van der Waals surface area contributed by atoms with Crippen molar-refractivity contribution >= 4 is 0 Å². The van der Waals surface area contributed by atoms with Crippen molar-refractivity contribution in [3.05, 3.63) is 65.0 Å². The molecule has 1 N–H and O–H groups in total. The van der Waals surface area contributed by atoms with Crippen LogP contribution in [0.5, 0.6) is 0 Å². The Kier molecular flexibility index (Phi) is 4.63. The number of nitrogens with one attached hydrogen (secondary N) is 1. The summed E-state index contributed by atoms with van der Waals surface area (Å²) >= 11 is 0. The van der Waals surface area contributed by atoms with Gasteiger partial charge in [-0.3, -0.25) is 9.88 Å². The Morgan fingerprint density at radius 2 is 1.62 bits per heavy atom. The lowest BCUT2D eigenvalue weighted by Gasteiger charge is -2.19. The van der Waals surface area contributed by atoms with Gasteiger partial charge in [0.05, 0.1) is 11.4 Å². The third kappa shape index (κ3) is 3.69. The molecule has 0 saturated heterocycles. The quantitative estimate of drug-likeness (QED) is 0.933. The zero-order valence-electron chi connectivity index (χ0n) is 12.7. The Bertz CT molecular complexity index is 568. The molecule has 0 atom stereocenters. The molecule has 21 heavy (non-hydrogen) atoms. The van der Waals surface area contributed by atoms with E-state index in [1.165, 1.54) is 16.8 Å². The van der Waals surface area contributed by atoms with Crippen LogP contribution in [0.25, 0.3) is 0 Å². The van der Waals surface area contributed by atoms with Crippen LogP contribution in [-0.4, -0.2) is 30.0 Å². The Morgan fingerprint density at radius 3 is 2.29 bits per heavy atom. The van der Waals surface area contributed by atoms with Crippen LogP contribution in [0.15, 0.2) is 42.5 Å². The average molecular weight is 281 g/mol. The maximum absolute atomic E-state index is 4.73. The first-order chi connectivity index (χ1) is 10.3. The predicted molar refractivity (Wildman–Crippen MR) is 86.1 cm³/mol. The van der Waals surface area contributed by atoms with Crippen LogP contribution in [0.1, 0.15) is 22.5 Å². The van der Waals surface area contributed by atoms with Crippen LogP contribution in [0.3, 0.4) is 0 Å². The number of aromatic nitrogens is 1. The number of pyridine rings is 1. The van der Waals surface area contributed by atoms with Gasteiger partial charge < -0.3 is 5.32 Å². The molecule has 0 aliphatic carbocycles. The topological polar surface area (TPSA) is 28.2 Å². The highest BCUT2D eigenvalue weighted by atomic mass is 15.1. The molecule has 1 aliphatic heterocycles. The van der Waals surface area contributed by atoms with Gasteiger partial charge in [0.2, 0.25) is 0 Å². The molecule has 2 heterocycles. The second-order valence-electron chi connectivity index (χ2n) is 5.70. The maximum Gasteiger partial charge on any atom is 0.0547 e. The lowest BCUT2D eigenvalue weighted by atomic mass is 10.0. The second kappa shape index (κ2) is 6.83. The van der Waals surface area contributed by atoms with Gasteiger partial charge in [0, 0.05) is 26.2 Å². The zero-order valence-corrected chi connectivity index (χ0v) is 12.7. The van der Waals surface area contributed by atoms with Gasteiger partial charge in [0.1, 0.15) is 0 Å². The van der Waals surface area contributed by atoms with E-state index in [1.54, 1.807) is 0 Å². The fraction of sp³-hybridized carbons (Fsp3) is 0.389. The number of hydrogen-bond acceptors (Lipinski definition) is 3. The fourth-order valence-electron chi connectivity index (χ4n) is 3.00. The van der Waals surface area contributed by atoms with Crippen LogP contribution in [0, 0.1) is 0 Å². The summed E-state index contributed by atoms with van der Waals surface area (Å²) in [4.78, 5) is 7.25. The van der Waals surface area contributed by atoms with Crippen molar-refractivity contribution in [2.75, 3.05) is 20.1 Å². The largest absolute Gasteiger partial charge is 0.314 e. The first kappa shape index (κ1) is 14.2. The highest BCUT2D eigenvalue weighted by Crippen LogP contribution is 2.16. The summed E-state index contributed by atoms with van der Waals surface area (Å²) < 4.78 is 0. The van der Waals surface area contributed by atoms with E-state index in [1.807, 2.05) is 7.05 Å². The van der Waals surface area contributed by atoms with Gasteiger partial charge in [-0.1, -0.05) is 30.3 Å². The number of hydrogen-bond donors (Lipinski definition) is 1. The van der Waals surface area contributed by atoms with Crippen molar-refractivity contribution < 1.29 is 0 Å². The van der Waals surface area contributed by atoms with E-state index in [4.69, 9.17) is 4.98 Å². The van der Waals surface area contributed by atoms with Crippen LogP contribution >= 0.6 is 0 Å². The van der Waals surface area contributed by atoms with E-state index in [0.717, 1.165) is 44.7 Å². The molecule has 0 unspecified atom stereocenters. The smallest absolute Gasteiger partial charge is 0.0547 e. The molecule has 0 spiro atoms. The van der Waals surface area contributed by atoms with Crippen LogP contribution in [0.2, 0.25) is 0 Å². The normalized spacial score (nSPS) is 15.5. The third-order valence-corrected chi connectivity index (χ3v) is 4.12. The SMILES string of the molecule is CNCc1cccc(CN2CCc3ccccc3CC2)n1. The highest BCUT2D eigenvalue weighted by molar-refractivity contribution is 5.28. The molecular formula is C18H23N3. The molecule has 0 fully saturated rings. The summed E-state index contributed by atoms with van der Waals surface area (Å²) in [6, 6.07) is 15.2. The number of fused-ring (bicyclic) bond motifs is 1. The van der Waals surface area contributed by atoms with Gasteiger partial charge >= 0.3 is 0 Å². The molecule has 1 aromatic heterocycles.